The van der Waals surface area contributed by atoms with Crippen molar-refractivity contribution < 1.29 is 4.79 Å². The van der Waals surface area contributed by atoms with Crippen LogP contribution in [0.25, 0.3) is 0 Å². The molecule has 0 saturated heterocycles. The van der Waals surface area contributed by atoms with Crippen molar-refractivity contribution >= 4 is 5.91 Å². The molecule has 0 radical (unpaired) electrons. The van der Waals surface area contributed by atoms with Gasteiger partial charge < -0.3 is 4.90 Å². The van der Waals surface area contributed by atoms with Crippen LogP contribution in [0.5, 0.6) is 0 Å². The van der Waals surface area contributed by atoms with Crippen molar-refractivity contribution in [2.75, 3.05) is 6.54 Å². The van der Waals surface area contributed by atoms with Crippen molar-refractivity contribution in [3.05, 3.63) is 29.6 Å². The Morgan fingerprint density at radius 3 is 2.90 bits per heavy atom. The van der Waals surface area contributed by atoms with E-state index in [1.54, 1.807) is 22.1 Å². The molecule has 1 aliphatic heterocycles. The lowest BCUT2D eigenvalue weighted by Gasteiger charge is -2.25. The number of H-pyrrole nitrogens is 1. The lowest BCUT2D eigenvalue weighted by molar-refractivity contribution is 0.0721. The van der Waals surface area contributed by atoms with E-state index >= 15 is 0 Å². The number of aromatic amines is 1. The number of rotatable bonds is 1. The van der Waals surface area contributed by atoms with Gasteiger partial charge in [0.1, 0.15) is 6.33 Å². The molecule has 2 aromatic heterocycles. The average Bonchev–Trinajstić information content (AvgIpc) is 3.05. The lowest BCUT2D eigenvalue weighted by atomic mass is 10.1. The lowest BCUT2D eigenvalue weighted by Crippen LogP contribution is -2.36. The molecule has 3 rings (SSSR count). The molecule has 0 atom stereocenters. The van der Waals surface area contributed by atoms with E-state index in [9.17, 15) is 4.79 Å². The van der Waals surface area contributed by atoms with Gasteiger partial charge in [0.2, 0.25) is 5.82 Å². The van der Waals surface area contributed by atoms with E-state index in [0.717, 1.165) is 17.7 Å². The standard InChI is InChI=1S/C13H18N6O/c1-13(2,3)19-8-14-11(17-19)12(20)18-5-4-10-9(7-18)6-15-16-10/h6,8H,4-5,7H2,1-3H3,(H,15,16). The minimum absolute atomic E-state index is 0.125. The van der Waals surface area contributed by atoms with Crippen LogP contribution >= 0.6 is 0 Å². The summed E-state index contributed by atoms with van der Waals surface area (Å²) >= 11 is 0. The first kappa shape index (κ1) is 12.8. The first-order valence-corrected chi connectivity index (χ1v) is 6.67. The molecule has 0 aromatic carbocycles. The number of nitrogens with zero attached hydrogens (tertiary/aromatic N) is 5. The van der Waals surface area contributed by atoms with Crippen LogP contribution in [0.1, 0.15) is 42.6 Å². The highest BCUT2D eigenvalue weighted by Gasteiger charge is 2.26. The molecule has 1 N–H and O–H groups in total. The van der Waals surface area contributed by atoms with Gasteiger partial charge in [-0.05, 0) is 20.8 Å². The maximum atomic E-state index is 12.4. The quantitative estimate of drug-likeness (QED) is 0.839. The van der Waals surface area contributed by atoms with E-state index in [4.69, 9.17) is 0 Å². The van der Waals surface area contributed by atoms with Gasteiger partial charge in [0.05, 0.1) is 11.7 Å². The smallest absolute Gasteiger partial charge is 0.293 e. The van der Waals surface area contributed by atoms with Crippen molar-refractivity contribution in [2.24, 2.45) is 0 Å². The van der Waals surface area contributed by atoms with Gasteiger partial charge in [-0.2, -0.15) is 5.10 Å². The molecule has 0 spiro atoms. The summed E-state index contributed by atoms with van der Waals surface area (Å²) in [6, 6.07) is 0. The highest BCUT2D eigenvalue weighted by molar-refractivity contribution is 5.90. The normalized spacial score (nSPS) is 15.2. The van der Waals surface area contributed by atoms with Crippen LogP contribution in [-0.2, 0) is 18.5 Å². The second-order valence-electron chi connectivity index (χ2n) is 6.03. The van der Waals surface area contributed by atoms with E-state index < -0.39 is 0 Å². The Bertz CT molecular complexity index is 635. The van der Waals surface area contributed by atoms with Crippen LogP contribution in [0.15, 0.2) is 12.5 Å². The van der Waals surface area contributed by atoms with E-state index in [1.165, 1.54) is 0 Å². The first-order chi connectivity index (χ1) is 9.45. The summed E-state index contributed by atoms with van der Waals surface area (Å²) in [6.45, 7) is 7.30. The molecule has 3 heterocycles. The molecule has 0 aliphatic carbocycles. The number of fused-ring (bicyclic) bond motifs is 1. The molecule has 20 heavy (non-hydrogen) atoms. The second kappa shape index (κ2) is 4.43. The first-order valence-electron chi connectivity index (χ1n) is 6.67. The number of carbonyl (C=O) groups is 1. The minimum Gasteiger partial charge on any atom is -0.331 e. The Hall–Kier alpha value is -2.18. The molecule has 0 bridgehead atoms. The molecule has 0 saturated carbocycles. The van der Waals surface area contributed by atoms with Crippen LogP contribution in [0.3, 0.4) is 0 Å². The molecule has 0 fully saturated rings. The summed E-state index contributed by atoms with van der Waals surface area (Å²) in [5, 5.41) is 11.3. The number of nitrogens with one attached hydrogen (secondary N) is 1. The average molecular weight is 274 g/mol. The van der Waals surface area contributed by atoms with Gasteiger partial charge in [-0.25, -0.2) is 9.67 Å². The van der Waals surface area contributed by atoms with Crippen molar-refractivity contribution in [3.8, 4) is 0 Å². The minimum atomic E-state index is -0.175. The molecule has 1 amide bonds. The van der Waals surface area contributed by atoms with E-state index in [-0.39, 0.29) is 17.3 Å². The Labute approximate surface area is 117 Å². The summed E-state index contributed by atoms with van der Waals surface area (Å²) in [7, 11) is 0. The Balaban J connectivity index is 1.79. The van der Waals surface area contributed by atoms with Gasteiger partial charge in [0.25, 0.3) is 5.91 Å². The number of hydrogen-bond acceptors (Lipinski definition) is 4. The number of hydrogen-bond donors (Lipinski definition) is 1. The van der Waals surface area contributed by atoms with E-state index in [2.05, 4.69) is 20.3 Å². The van der Waals surface area contributed by atoms with Gasteiger partial charge in [0, 0.05) is 30.8 Å². The Morgan fingerprint density at radius 1 is 1.40 bits per heavy atom. The molecule has 7 nitrogen and oxygen atoms in total. The fourth-order valence-corrected chi connectivity index (χ4v) is 2.22. The second-order valence-corrected chi connectivity index (χ2v) is 6.03. The van der Waals surface area contributed by atoms with Gasteiger partial charge in [-0.1, -0.05) is 0 Å². The number of aromatic nitrogens is 5. The van der Waals surface area contributed by atoms with Crippen molar-refractivity contribution in [1.29, 1.82) is 0 Å². The third kappa shape index (κ3) is 2.19. The van der Waals surface area contributed by atoms with Crippen molar-refractivity contribution in [2.45, 2.75) is 39.3 Å². The monoisotopic (exact) mass is 274 g/mol. The van der Waals surface area contributed by atoms with Crippen molar-refractivity contribution in [1.82, 2.24) is 29.9 Å². The molecule has 7 heteroatoms. The fourth-order valence-electron chi connectivity index (χ4n) is 2.22. The molecule has 1 aliphatic rings. The summed E-state index contributed by atoms with van der Waals surface area (Å²) < 4.78 is 1.72. The highest BCUT2D eigenvalue weighted by Crippen LogP contribution is 2.18. The van der Waals surface area contributed by atoms with E-state index in [0.29, 0.717) is 13.1 Å². The fraction of sp³-hybridized carbons (Fsp3) is 0.538. The molecular formula is C13H18N6O. The summed E-state index contributed by atoms with van der Waals surface area (Å²) in [5.74, 6) is 0.131. The van der Waals surface area contributed by atoms with Crippen LogP contribution in [-0.4, -0.2) is 42.3 Å². The topological polar surface area (TPSA) is 79.7 Å². The third-order valence-corrected chi connectivity index (χ3v) is 3.46. The zero-order valence-corrected chi connectivity index (χ0v) is 11.9. The van der Waals surface area contributed by atoms with Crippen LogP contribution in [0, 0.1) is 0 Å². The largest absolute Gasteiger partial charge is 0.331 e. The maximum Gasteiger partial charge on any atom is 0.293 e. The summed E-state index contributed by atoms with van der Waals surface area (Å²) in [6.07, 6.45) is 4.18. The zero-order chi connectivity index (χ0) is 14.3. The number of amides is 1. The third-order valence-electron chi connectivity index (χ3n) is 3.46. The molecule has 0 unspecified atom stereocenters. The predicted octanol–water partition coefficient (Wildman–Crippen LogP) is 0.955. The number of carbonyl (C=O) groups excluding carboxylic acids is 1. The van der Waals surface area contributed by atoms with Crippen LogP contribution < -0.4 is 0 Å². The summed E-state index contributed by atoms with van der Waals surface area (Å²) in [5.41, 5.74) is 2.01. The van der Waals surface area contributed by atoms with Gasteiger partial charge in [0.15, 0.2) is 0 Å². The van der Waals surface area contributed by atoms with E-state index in [1.807, 2.05) is 20.8 Å². The van der Waals surface area contributed by atoms with Gasteiger partial charge in [-0.3, -0.25) is 9.89 Å². The molecule has 106 valence electrons. The molecule has 2 aromatic rings. The zero-order valence-electron chi connectivity index (χ0n) is 11.9. The Kier molecular flexibility index (Phi) is 2.84. The summed E-state index contributed by atoms with van der Waals surface area (Å²) in [4.78, 5) is 18.3. The SMILES string of the molecule is CC(C)(C)n1cnc(C(=O)N2CCc3[nH]ncc3C2)n1. The van der Waals surface area contributed by atoms with Crippen LogP contribution in [0.2, 0.25) is 0 Å². The van der Waals surface area contributed by atoms with Gasteiger partial charge in [-0.15, -0.1) is 5.10 Å². The maximum absolute atomic E-state index is 12.4. The highest BCUT2D eigenvalue weighted by atomic mass is 16.2. The van der Waals surface area contributed by atoms with Crippen LogP contribution in [0.4, 0.5) is 0 Å². The van der Waals surface area contributed by atoms with Crippen molar-refractivity contribution in [3.63, 3.8) is 0 Å². The Morgan fingerprint density at radius 2 is 2.20 bits per heavy atom. The van der Waals surface area contributed by atoms with Gasteiger partial charge >= 0.3 is 0 Å². The molecular weight excluding hydrogens is 256 g/mol. The predicted molar refractivity (Wildman–Crippen MR) is 72.1 cm³/mol.